The van der Waals surface area contributed by atoms with E-state index in [9.17, 15) is 9.18 Å². The first-order chi connectivity index (χ1) is 14.6. The molecule has 0 bridgehead atoms. The van der Waals surface area contributed by atoms with Crippen LogP contribution in [0.25, 0.3) is 11.3 Å². The van der Waals surface area contributed by atoms with Gasteiger partial charge in [-0.1, -0.05) is 30.3 Å². The number of rotatable bonds is 8. The molecular weight excluding hydrogens is 383 g/mol. The summed E-state index contributed by atoms with van der Waals surface area (Å²) >= 11 is 0. The van der Waals surface area contributed by atoms with Gasteiger partial charge in [-0.05, 0) is 49.9 Å². The van der Waals surface area contributed by atoms with Crippen LogP contribution >= 0.6 is 0 Å². The van der Waals surface area contributed by atoms with Crippen LogP contribution in [-0.2, 0) is 7.05 Å². The number of amides is 1. The Morgan fingerprint density at radius 2 is 1.87 bits per heavy atom. The highest BCUT2D eigenvalue weighted by Crippen LogP contribution is 2.28. The van der Waals surface area contributed by atoms with E-state index in [0.29, 0.717) is 36.7 Å². The first kappa shape index (κ1) is 20.1. The fraction of sp³-hybridized carbons (Fsp3) is 0.348. The number of nitrogens with zero attached hydrogens (tertiary/aromatic N) is 4. The second-order valence-electron chi connectivity index (χ2n) is 7.49. The molecule has 4 rings (SSSR count). The molecule has 0 N–H and O–H groups in total. The van der Waals surface area contributed by atoms with Crippen molar-refractivity contribution in [2.24, 2.45) is 7.05 Å². The lowest BCUT2D eigenvalue weighted by Gasteiger charge is -2.37. The third-order valence-corrected chi connectivity index (χ3v) is 5.37. The molecule has 7 heteroatoms. The number of hydrogen-bond acceptors (Lipinski definition) is 4. The zero-order chi connectivity index (χ0) is 20.9. The summed E-state index contributed by atoms with van der Waals surface area (Å²) in [6, 6.07) is 15.8. The summed E-state index contributed by atoms with van der Waals surface area (Å²) in [4.78, 5) is 16.8. The van der Waals surface area contributed by atoms with Gasteiger partial charge in [0.2, 0.25) is 0 Å². The van der Waals surface area contributed by atoms with Gasteiger partial charge in [0.05, 0.1) is 6.61 Å². The van der Waals surface area contributed by atoms with Gasteiger partial charge < -0.3 is 9.64 Å². The Kier molecular flexibility index (Phi) is 6.07. The van der Waals surface area contributed by atoms with Crippen molar-refractivity contribution in [1.82, 2.24) is 19.9 Å². The summed E-state index contributed by atoms with van der Waals surface area (Å²) in [5, 5.41) is 8.81. The maximum atomic E-state index is 13.4. The molecule has 30 heavy (non-hydrogen) atoms. The summed E-state index contributed by atoms with van der Waals surface area (Å²) in [7, 11) is 1.73. The molecule has 1 aliphatic rings. The molecular formula is C23H25FN4O2. The summed E-state index contributed by atoms with van der Waals surface area (Å²) < 4.78 is 18.7. The van der Waals surface area contributed by atoms with E-state index in [4.69, 9.17) is 4.74 Å². The molecule has 0 atom stereocenters. The maximum absolute atomic E-state index is 13.4. The first-order valence-electron chi connectivity index (χ1n) is 10.3. The summed E-state index contributed by atoms with van der Waals surface area (Å²) in [6.45, 7) is 1.03. The molecule has 0 unspecified atom stereocenters. The zero-order valence-electron chi connectivity index (χ0n) is 17.0. The number of carbonyl (C=O) groups excluding carboxylic acids is 1. The average molecular weight is 408 g/mol. The molecule has 0 radical (unpaired) electrons. The van der Waals surface area contributed by atoms with Crippen molar-refractivity contribution in [3.05, 3.63) is 66.1 Å². The largest absolute Gasteiger partial charge is 0.494 e. The van der Waals surface area contributed by atoms with Crippen molar-refractivity contribution in [3.63, 3.8) is 0 Å². The fourth-order valence-corrected chi connectivity index (χ4v) is 3.58. The lowest BCUT2D eigenvalue weighted by Crippen LogP contribution is -2.45. The van der Waals surface area contributed by atoms with Crippen LogP contribution in [0.15, 0.2) is 54.6 Å². The molecule has 1 amide bonds. The first-order valence-corrected chi connectivity index (χ1v) is 10.3. The third-order valence-electron chi connectivity index (χ3n) is 5.37. The zero-order valence-corrected chi connectivity index (χ0v) is 17.0. The van der Waals surface area contributed by atoms with E-state index in [1.54, 1.807) is 19.2 Å². The molecule has 1 saturated carbocycles. The van der Waals surface area contributed by atoms with E-state index in [1.807, 2.05) is 35.2 Å². The van der Waals surface area contributed by atoms with Crippen LogP contribution in [0.2, 0.25) is 0 Å². The maximum Gasteiger partial charge on any atom is 0.276 e. The topological polar surface area (TPSA) is 60.2 Å². The second-order valence-corrected chi connectivity index (χ2v) is 7.49. The van der Waals surface area contributed by atoms with Crippen LogP contribution in [-0.4, -0.2) is 45.0 Å². The molecule has 6 nitrogen and oxygen atoms in total. The molecule has 156 valence electrons. The molecule has 1 aliphatic carbocycles. The highest BCUT2D eigenvalue weighted by atomic mass is 19.1. The minimum absolute atomic E-state index is 0.0894. The summed E-state index contributed by atoms with van der Waals surface area (Å²) in [6.07, 6.45) is 3.82. The van der Waals surface area contributed by atoms with Gasteiger partial charge in [-0.15, -0.1) is 5.10 Å². The normalized spacial score (nSPS) is 13.7. The standard InChI is InChI=1S/C23H25FN4O2/c1-27-25-21(17-7-3-2-4-8-17)22(26-27)23(29)28(19-9-5-10-19)15-6-16-30-20-13-11-18(24)12-14-20/h2-4,7-8,11-14,19H,5-6,9-10,15-16H2,1H3. The van der Waals surface area contributed by atoms with E-state index in [2.05, 4.69) is 10.2 Å². The van der Waals surface area contributed by atoms with Crippen molar-refractivity contribution in [3.8, 4) is 17.0 Å². The Hall–Kier alpha value is -3.22. The Morgan fingerprint density at radius 1 is 1.13 bits per heavy atom. The van der Waals surface area contributed by atoms with E-state index >= 15 is 0 Å². The predicted molar refractivity (Wildman–Crippen MR) is 112 cm³/mol. The SMILES string of the molecule is Cn1nc(C(=O)N(CCCOc2ccc(F)cc2)C2CCC2)c(-c2ccccc2)n1. The molecule has 1 fully saturated rings. The van der Waals surface area contributed by atoms with Crippen LogP contribution < -0.4 is 4.74 Å². The number of carbonyl (C=O) groups is 1. The number of aryl methyl sites for hydroxylation is 1. The van der Waals surface area contributed by atoms with Gasteiger partial charge in [-0.25, -0.2) is 4.39 Å². The fourth-order valence-electron chi connectivity index (χ4n) is 3.58. The van der Waals surface area contributed by atoms with Gasteiger partial charge in [0.25, 0.3) is 5.91 Å². The number of hydrogen-bond donors (Lipinski definition) is 0. The minimum Gasteiger partial charge on any atom is -0.494 e. The molecule has 1 heterocycles. The van der Waals surface area contributed by atoms with Crippen molar-refractivity contribution in [2.75, 3.05) is 13.2 Å². The Morgan fingerprint density at radius 3 is 2.53 bits per heavy atom. The molecule has 0 spiro atoms. The van der Waals surface area contributed by atoms with Crippen LogP contribution in [0.5, 0.6) is 5.75 Å². The smallest absolute Gasteiger partial charge is 0.276 e. The second kappa shape index (κ2) is 9.07. The number of ether oxygens (including phenoxy) is 1. The highest BCUT2D eigenvalue weighted by molar-refractivity contribution is 5.98. The van der Waals surface area contributed by atoms with Gasteiger partial charge in [0.15, 0.2) is 5.69 Å². The Balaban J connectivity index is 1.45. The third kappa shape index (κ3) is 4.50. The Bertz CT molecular complexity index is 984. The number of aromatic nitrogens is 3. The van der Waals surface area contributed by atoms with Gasteiger partial charge >= 0.3 is 0 Å². The van der Waals surface area contributed by atoms with Gasteiger partial charge in [0, 0.05) is 25.2 Å². The lowest BCUT2D eigenvalue weighted by molar-refractivity contribution is 0.0559. The summed E-state index contributed by atoms with van der Waals surface area (Å²) in [5.41, 5.74) is 1.87. The molecule has 1 aromatic heterocycles. The van der Waals surface area contributed by atoms with Crippen molar-refractivity contribution < 1.29 is 13.9 Å². The van der Waals surface area contributed by atoms with Crippen LogP contribution in [0.4, 0.5) is 4.39 Å². The molecule has 0 saturated heterocycles. The summed E-state index contributed by atoms with van der Waals surface area (Å²) in [5.74, 6) is 0.244. The Labute approximate surface area is 175 Å². The molecule has 0 aliphatic heterocycles. The van der Waals surface area contributed by atoms with Crippen molar-refractivity contribution in [1.29, 1.82) is 0 Å². The lowest BCUT2D eigenvalue weighted by atomic mass is 9.91. The van der Waals surface area contributed by atoms with Crippen molar-refractivity contribution in [2.45, 2.75) is 31.7 Å². The van der Waals surface area contributed by atoms with E-state index in [1.165, 1.54) is 16.9 Å². The van der Waals surface area contributed by atoms with E-state index in [0.717, 1.165) is 24.8 Å². The van der Waals surface area contributed by atoms with Gasteiger partial charge in [-0.2, -0.15) is 9.90 Å². The average Bonchev–Trinajstić information content (AvgIpc) is 3.12. The number of benzene rings is 2. The number of halogens is 1. The minimum atomic E-state index is -0.290. The van der Waals surface area contributed by atoms with Crippen molar-refractivity contribution >= 4 is 5.91 Å². The molecule has 2 aromatic carbocycles. The monoisotopic (exact) mass is 408 g/mol. The van der Waals surface area contributed by atoms with E-state index < -0.39 is 0 Å². The van der Waals surface area contributed by atoms with Gasteiger partial charge in [0.1, 0.15) is 17.3 Å². The van der Waals surface area contributed by atoms with Gasteiger partial charge in [-0.3, -0.25) is 4.79 Å². The predicted octanol–water partition coefficient (Wildman–Crippen LogP) is 4.09. The van der Waals surface area contributed by atoms with Crippen LogP contribution in [0.1, 0.15) is 36.2 Å². The molecule has 3 aromatic rings. The highest BCUT2D eigenvalue weighted by Gasteiger charge is 2.32. The van der Waals surface area contributed by atoms with Crippen LogP contribution in [0.3, 0.4) is 0 Å². The van der Waals surface area contributed by atoms with E-state index in [-0.39, 0.29) is 17.8 Å². The quantitative estimate of drug-likeness (QED) is 0.527. The van der Waals surface area contributed by atoms with Crippen LogP contribution in [0, 0.1) is 5.82 Å².